The van der Waals surface area contributed by atoms with Gasteiger partial charge < -0.3 is 5.21 Å². The Bertz CT molecular complexity index is 973. The van der Waals surface area contributed by atoms with Crippen LogP contribution in [-0.4, -0.2) is 32.6 Å². The minimum atomic E-state index is -5.68. The lowest BCUT2D eigenvalue weighted by atomic mass is 10.2. The van der Waals surface area contributed by atoms with Crippen molar-refractivity contribution in [2.75, 3.05) is 5.75 Å². The first-order chi connectivity index (χ1) is 12.6. The minimum absolute atomic E-state index is 0.0146. The van der Waals surface area contributed by atoms with E-state index in [1.807, 2.05) is 6.92 Å². The van der Waals surface area contributed by atoms with E-state index in [9.17, 15) is 27.2 Å². The van der Waals surface area contributed by atoms with Crippen LogP contribution in [0, 0.1) is 5.21 Å². The van der Waals surface area contributed by atoms with Gasteiger partial charge in [0.05, 0.1) is 22.8 Å². The Hall–Kier alpha value is -2.43. The monoisotopic (exact) mass is 404 g/mol. The zero-order valence-corrected chi connectivity index (χ0v) is 14.7. The molecule has 0 aliphatic heterocycles. The topological polar surface area (TPSA) is 57.6 Å². The summed E-state index contributed by atoms with van der Waals surface area (Å²) in [6.45, 7) is 0.267. The molecule has 0 radical (unpaired) electrons. The molecule has 0 N–H and O–H groups in total. The van der Waals surface area contributed by atoms with Crippen molar-refractivity contribution in [1.29, 1.82) is 0 Å². The largest absolute Gasteiger partial charge is 0.618 e. The molecule has 0 aliphatic carbocycles. The van der Waals surface area contributed by atoms with Crippen molar-refractivity contribution in [3.63, 3.8) is 0 Å². The van der Waals surface area contributed by atoms with Crippen molar-refractivity contribution in [2.45, 2.75) is 30.5 Å². The number of fused-ring (bicyclic) bond motifs is 1. The number of rotatable bonds is 5. The minimum Gasteiger partial charge on any atom is -0.618 e. The Balaban J connectivity index is 2.03. The van der Waals surface area contributed by atoms with E-state index in [0.717, 1.165) is 12.4 Å². The number of hydrogen-bond acceptors (Lipinski definition) is 4. The molecule has 3 rings (SSSR count). The first-order valence-corrected chi connectivity index (χ1v) is 8.74. The van der Waals surface area contributed by atoms with Crippen LogP contribution in [0.2, 0.25) is 0 Å². The number of alkyl halides is 5. The van der Waals surface area contributed by atoms with Crippen LogP contribution in [0.15, 0.2) is 41.7 Å². The van der Waals surface area contributed by atoms with Gasteiger partial charge in [0.15, 0.2) is 6.20 Å². The smallest absolute Gasteiger partial charge is 0.455 e. The highest BCUT2D eigenvalue weighted by atomic mass is 32.2. The van der Waals surface area contributed by atoms with Gasteiger partial charge in [0.25, 0.3) is 5.69 Å². The van der Waals surface area contributed by atoms with Crippen LogP contribution in [0.1, 0.15) is 6.92 Å². The van der Waals surface area contributed by atoms with Crippen molar-refractivity contribution >= 4 is 22.7 Å². The van der Waals surface area contributed by atoms with Crippen molar-refractivity contribution in [1.82, 2.24) is 14.8 Å². The van der Waals surface area contributed by atoms with Gasteiger partial charge in [-0.25, -0.2) is 4.98 Å². The molecular weight excluding hydrogens is 391 g/mol. The van der Waals surface area contributed by atoms with Crippen molar-refractivity contribution in [3.05, 3.63) is 42.0 Å². The summed E-state index contributed by atoms with van der Waals surface area (Å²) in [5.74, 6) is -4.21. The third-order valence-corrected chi connectivity index (χ3v) is 4.69. The molecule has 0 spiro atoms. The molecule has 0 amide bonds. The van der Waals surface area contributed by atoms with Gasteiger partial charge in [-0.05, 0) is 17.9 Å². The molecule has 5 nitrogen and oxygen atoms in total. The van der Waals surface area contributed by atoms with Gasteiger partial charge >= 0.3 is 12.1 Å². The Morgan fingerprint density at radius 1 is 1.22 bits per heavy atom. The first-order valence-electron chi connectivity index (χ1n) is 7.75. The average molecular weight is 404 g/mol. The summed E-state index contributed by atoms with van der Waals surface area (Å²) in [5.41, 5.74) is 0.566. The molecule has 144 valence electrons. The molecule has 0 fully saturated rings. The summed E-state index contributed by atoms with van der Waals surface area (Å²) in [6, 6.07) is 4.77. The quantitative estimate of drug-likeness (QED) is 0.279. The van der Waals surface area contributed by atoms with E-state index in [0.29, 0.717) is 25.4 Å². The molecule has 0 saturated carbocycles. The van der Waals surface area contributed by atoms with E-state index in [-0.39, 0.29) is 16.9 Å². The van der Waals surface area contributed by atoms with E-state index in [4.69, 9.17) is 0 Å². The molecule has 0 aromatic carbocycles. The normalized spacial score (nSPS) is 12.7. The third-order valence-electron chi connectivity index (χ3n) is 3.76. The predicted molar refractivity (Wildman–Crippen MR) is 89.3 cm³/mol. The maximum atomic E-state index is 13.3. The van der Waals surface area contributed by atoms with Gasteiger partial charge in [-0.15, -0.1) is 11.8 Å². The first kappa shape index (κ1) is 19.3. The van der Waals surface area contributed by atoms with E-state index >= 15 is 0 Å². The van der Waals surface area contributed by atoms with E-state index in [2.05, 4.69) is 10.1 Å². The van der Waals surface area contributed by atoms with Gasteiger partial charge in [0, 0.05) is 11.5 Å². The fourth-order valence-electron chi connectivity index (χ4n) is 2.49. The molecule has 3 aromatic rings. The fraction of sp³-hybridized carbons (Fsp3) is 0.312. The summed E-state index contributed by atoms with van der Waals surface area (Å²) in [7, 11) is 0. The van der Waals surface area contributed by atoms with Crippen LogP contribution in [0.4, 0.5) is 22.0 Å². The highest BCUT2D eigenvalue weighted by Crippen LogP contribution is 2.37. The molecule has 0 bridgehead atoms. The Morgan fingerprint density at radius 3 is 2.63 bits per heavy atom. The van der Waals surface area contributed by atoms with E-state index < -0.39 is 18.6 Å². The average Bonchev–Trinajstić information content (AvgIpc) is 2.96. The lowest BCUT2D eigenvalue weighted by Gasteiger charge is -2.19. The summed E-state index contributed by atoms with van der Waals surface area (Å²) in [5, 5.41) is 16.1. The van der Waals surface area contributed by atoms with Gasteiger partial charge in [-0.3, -0.25) is 4.68 Å². The number of hydrogen-bond donors (Lipinski definition) is 0. The molecular formula is C16H13F5N4OS. The maximum Gasteiger partial charge on any atom is 0.455 e. The molecule has 3 heterocycles. The molecule has 11 heteroatoms. The standard InChI is InChI=1S/C16H13F5N4OS/c1-2-27-13-4-3-5-25(26)14(13)11-6-10-7-23-24(12(10)8-22-11)9-15(17,18)16(19,20)21/h3-8H,2,9H2,1H3. The zero-order chi connectivity index (χ0) is 19.8. The molecule has 0 unspecified atom stereocenters. The summed E-state index contributed by atoms with van der Waals surface area (Å²) < 4.78 is 65.1. The lowest BCUT2D eigenvalue weighted by Crippen LogP contribution is -2.40. The SMILES string of the molecule is CCSc1ccc[n+]([O-])c1-c1cc2cnn(CC(F)(F)C(F)(F)F)c2cn1. The maximum absolute atomic E-state index is 13.3. The van der Waals surface area contributed by atoms with Crippen molar-refractivity contribution < 1.29 is 26.7 Å². The predicted octanol–water partition coefficient (Wildman–Crippen LogP) is 4.04. The molecule has 0 saturated heterocycles. The molecule has 0 atom stereocenters. The summed E-state index contributed by atoms with van der Waals surface area (Å²) in [4.78, 5) is 4.76. The van der Waals surface area contributed by atoms with Gasteiger partial charge in [-0.1, -0.05) is 6.92 Å². The summed E-state index contributed by atoms with van der Waals surface area (Å²) >= 11 is 1.43. The number of pyridine rings is 2. The molecule has 27 heavy (non-hydrogen) atoms. The number of thioether (sulfide) groups is 1. The number of nitrogens with zero attached hydrogens (tertiary/aromatic N) is 4. The Morgan fingerprint density at radius 2 is 1.96 bits per heavy atom. The highest BCUT2D eigenvalue weighted by molar-refractivity contribution is 7.99. The van der Waals surface area contributed by atoms with Gasteiger partial charge in [0.2, 0.25) is 0 Å². The van der Waals surface area contributed by atoms with Crippen LogP contribution in [0.3, 0.4) is 0 Å². The summed E-state index contributed by atoms with van der Waals surface area (Å²) in [6.07, 6.45) is -2.08. The second-order valence-corrected chi connectivity index (χ2v) is 6.92. The van der Waals surface area contributed by atoms with Crippen LogP contribution in [-0.2, 0) is 6.54 Å². The van der Waals surface area contributed by atoms with Crippen molar-refractivity contribution in [2.24, 2.45) is 0 Å². The molecule has 3 aromatic heterocycles. The Labute approximate surface area is 154 Å². The molecule has 0 aliphatic rings. The fourth-order valence-corrected chi connectivity index (χ4v) is 3.31. The highest BCUT2D eigenvalue weighted by Gasteiger charge is 2.57. The van der Waals surface area contributed by atoms with E-state index in [1.54, 1.807) is 12.1 Å². The van der Waals surface area contributed by atoms with Gasteiger partial charge in [-0.2, -0.15) is 31.8 Å². The van der Waals surface area contributed by atoms with Crippen LogP contribution < -0.4 is 4.73 Å². The second-order valence-electron chi connectivity index (χ2n) is 5.61. The number of aromatic nitrogens is 4. The van der Waals surface area contributed by atoms with E-state index in [1.165, 1.54) is 24.0 Å². The van der Waals surface area contributed by atoms with Gasteiger partial charge in [0.1, 0.15) is 12.2 Å². The van der Waals surface area contributed by atoms with Crippen LogP contribution >= 0.6 is 11.8 Å². The third kappa shape index (κ3) is 3.68. The Kier molecular flexibility index (Phi) is 4.98. The van der Waals surface area contributed by atoms with Crippen LogP contribution in [0.5, 0.6) is 0 Å². The van der Waals surface area contributed by atoms with Crippen LogP contribution in [0.25, 0.3) is 22.3 Å². The number of halogens is 5. The lowest BCUT2D eigenvalue weighted by molar-refractivity contribution is -0.595. The zero-order valence-electron chi connectivity index (χ0n) is 13.9. The second kappa shape index (κ2) is 6.95. The van der Waals surface area contributed by atoms with Crippen molar-refractivity contribution in [3.8, 4) is 11.4 Å².